The molecule has 0 amide bonds. The molecular formula is C18H16BrNO. The van der Waals surface area contributed by atoms with E-state index in [9.17, 15) is 4.79 Å². The number of hydrogen-bond acceptors (Lipinski definition) is 2. The SMILES string of the molecule is O=C1C=C(Nc2ccc(Br)cc2)C[C@H](c2ccccc2)C1. The van der Waals surface area contributed by atoms with E-state index in [1.807, 2.05) is 42.5 Å². The minimum atomic E-state index is 0.190. The minimum Gasteiger partial charge on any atom is -0.359 e. The normalized spacial score (nSPS) is 18.2. The zero-order valence-corrected chi connectivity index (χ0v) is 13.1. The van der Waals surface area contributed by atoms with Crippen LogP contribution in [0.5, 0.6) is 0 Å². The molecule has 2 aromatic carbocycles. The first-order valence-electron chi connectivity index (χ1n) is 7.01. The van der Waals surface area contributed by atoms with Gasteiger partial charge in [-0.15, -0.1) is 0 Å². The average Bonchev–Trinajstić information content (AvgIpc) is 2.50. The summed E-state index contributed by atoms with van der Waals surface area (Å²) in [5, 5.41) is 3.36. The summed E-state index contributed by atoms with van der Waals surface area (Å²) in [7, 11) is 0. The number of anilines is 1. The zero-order valence-electron chi connectivity index (χ0n) is 11.6. The number of nitrogens with one attached hydrogen (secondary N) is 1. The zero-order chi connectivity index (χ0) is 14.7. The number of benzene rings is 2. The summed E-state index contributed by atoms with van der Waals surface area (Å²) in [5.74, 6) is 0.455. The largest absolute Gasteiger partial charge is 0.359 e. The van der Waals surface area contributed by atoms with E-state index in [2.05, 4.69) is 33.4 Å². The van der Waals surface area contributed by atoms with Crippen molar-refractivity contribution in [1.29, 1.82) is 0 Å². The highest BCUT2D eigenvalue weighted by Crippen LogP contribution is 2.31. The molecule has 0 aliphatic heterocycles. The molecule has 3 heteroatoms. The Labute approximate surface area is 133 Å². The van der Waals surface area contributed by atoms with Crippen LogP contribution >= 0.6 is 15.9 Å². The summed E-state index contributed by atoms with van der Waals surface area (Å²) in [6.07, 6.45) is 3.20. The van der Waals surface area contributed by atoms with Crippen LogP contribution < -0.4 is 5.32 Å². The van der Waals surface area contributed by atoms with Crippen LogP contribution in [0.25, 0.3) is 0 Å². The van der Waals surface area contributed by atoms with E-state index >= 15 is 0 Å². The molecule has 0 saturated heterocycles. The third-order valence-electron chi connectivity index (χ3n) is 3.67. The molecule has 21 heavy (non-hydrogen) atoms. The van der Waals surface area contributed by atoms with Crippen molar-refractivity contribution < 1.29 is 4.79 Å². The number of carbonyl (C=O) groups excluding carboxylic acids is 1. The molecule has 2 nitrogen and oxygen atoms in total. The van der Waals surface area contributed by atoms with E-state index in [0.717, 1.165) is 22.3 Å². The molecule has 0 fully saturated rings. The van der Waals surface area contributed by atoms with Gasteiger partial charge in [0.1, 0.15) is 0 Å². The van der Waals surface area contributed by atoms with Gasteiger partial charge in [0.15, 0.2) is 5.78 Å². The van der Waals surface area contributed by atoms with E-state index in [1.165, 1.54) is 5.56 Å². The van der Waals surface area contributed by atoms with Crippen molar-refractivity contribution in [1.82, 2.24) is 0 Å². The molecule has 1 aliphatic rings. The van der Waals surface area contributed by atoms with Gasteiger partial charge in [0.2, 0.25) is 0 Å². The van der Waals surface area contributed by atoms with Gasteiger partial charge < -0.3 is 5.32 Å². The summed E-state index contributed by atoms with van der Waals surface area (Å²) < 4.78 is 1.05. The number of ketones is 1. The monoisotopic (exact) mass is 341 g/mol. The highest BCUT2D eigenvalue weighted by molar-refractivity contribution is 9.10. The van der Waals surface area contributed by atoms with Crippen LogP contribution in [0, 0.1) is 0 Å². The average molecular weight is 342 g/mol. The van der Waals surface area contributed by atoms with Crippen LogP contribution in [0.2, 0.25) is 0 Å². The van der Waals surface area contributed by atoms with Crippen LogP contribution in [0.3, 0.4) is 0 Å². The van der Waals surface area contributed by atoms with Gasteiger partial charge in [-0.1, -0.05) is 46.3 Å². The molecule has 106 valence electrons. The lowest BCUT2D eigenvalue weighted by Crippen LogP contribution is -2.16. The fourth-order valence-corrected chi connectivity index (χ4v) is 2.92. The molecule has 0 radical (unpaired) electrons. The van der Waals surface area contributed by atoms with Gasteiger partial charge in [0.05, 0.1) is 0 Å². The summed E-state index contributed by atoms with van der Waals surface area (Å²) in [5.41, 5.74) is 3.22. The summed E-state index contributed by atoms with van der Waals surface area (Å²) in [6.45, 7) is 0. The highest BCUT2D eigenvalue weighted by atomic mass is 79.9. The Bertz CT molecular complexity index is 661. The lowest BCUT2D eigenvalue weighted by molar-refractivity contribution is -0.115. The molecule has 2 aromatic rings. The fourth-order valence-electron chi connectivity index (χ4n) is 2.66. The third-order valence-corrected chi connectivity index (χ3v) is 4.20. The molecular weight excluding hydrogens is 326 g/mol. The Morgan fingerprint density at radius 1 is 0.952 bits per heavy atom. The first-order valence-corrected chi connectivity index (χ1v) is 7.81. The number of hydrogen-bond donors (Lipinski definition) is 1. The maximum absolute atomic E-state index is 12.0. The second-order valence-electron chi connectivity index (χ2n) is 5.28. The molecule has 0 aromatic heterocycles. The van der Waals surface area contributed by atoms with Gasteiger partial charge in [-0.25, -0.2) is 0 Å². The highest BCUT2D eigenvalue weighted by Gasteiger charge is 2.22. The quantitative estimate of drug-likeness (QED) is 0.860. The van der Waals surface area contributed by atoms with E-state index in [1.54, 1.807) is 6.08 Å². The summed E-state index contributed by atoms with van der Waals surface area (Å²) >= 11 is 3.42. The van der Waals surface area contributed by atoms with Gasteiger partial charge in [0.25, 0.3) is 0 Å². The lowest BCUT2D eigenvalue weighted by atomic mass is 9.85. The van der Waals surface area contributed by atoms with Crippen molar-refractivity contribution in [3.05, 3.63) is 76.4 Å². The van der Waals surface area contributed by atoms with Gasteiger partial charge in [-0.05, 0) is 42.2 Å². The van der Waals surface area contributed by atoms with Gasteiger partial charge in [0, 0.05) is 28.4 Å². The molecule has 0 unspecified atom stereocenters. The van der Waals surface area contributed by atoms with E-state index < -0.39 is 0 Å². The Morgan fingerprint density at radius 2 is 1.67 bits per heavy atom. The molecule has 0 spiro atoms. The van der Waals surface area contributed by atoms with Crippen LogP contribution in [0.15, 0.2) is 70.8 Å². The van der Waals surface area contributed by atoms with Crippen molar-refractivity contribution in [2.24, 2.45) is 0 Å². The van der Waals surface area contributed by atoms with E-state index in [4.69, 9.17) is 0 Å². The number of halogens is 1. The van der Waals surface area contributed by atoms with Crippen molar-refractivity contribution in [3.8, 4) is 0 Å². The topological polar surface area (TPSA) is 29.1 Å². The number of carbonyl (C=O) groups is 1. The van der Waals surface area contributed by atoms with Crippen LogP contribution in [-0.2, 0) is 4.79 Å². The molecule has 3 rings (SSSR count). The molecule has 0 heterocycles. The predicted molar refractivity (Wildman–Crippen MR) is 89.3 cm³/mol. The van der Waals surface area contributed by atoms with Crippen LogP contribution in [0.4, 0.5) is 5.69 Å². The van der Waals surface area contributed by atoms with E-state index in [-0.39, 0.29) is 11.7 Å². The molecule has 0 bridgehead atoms. The smallest absolute Gasteiger partial charge is 0.158 e. The predicted octanol–water partition coefficient (Wildman–Crippen LogP) is 4.89. The molecule has 0 saturated carbocycles. The Balaban J connectivity index is 1.76. The van der Waals surface area contributed by atoms with Crippen LogP contribution in [0.1, 0.15) is 24.3 Å². The molecule has 1 atom stereocenters. The Morgan fingerprint density at radius 3 is 2.38 bits per heavy atom. The Hall–Kier alpha value is -1.87. The van der Waals surface area contributed by atoms with Gasteiger partial charge in [-0.2, -0.15) is 0 Å². The van der Waals surface area contributed by atoms with Gasteiger partial charge >= 0.3 is 0 Å². The van der Waals surface area contributed by atoms with Crippen molar-refractivity contribution in [2.75, 3.05) is 5.32 Å². The molecule has 1 N–H and O–H groups in total. The van der Waals surface area contributed by atoms with Crippen molar-refractivity contribution in [3.63, 3.8) is 0 Å². The Kier molecular flexibility index (Phi) is 4.20. The number of rotatable bonds is 3. The van der Waals surface area contributed by atoms with Crippen LogP contribution in [-0.4, -0.2) is 5.78 Å². The summed E-state index contributed by atoms with van der Waals surface area (Å²) in [6, 6.07) is 18.2. The van der Waals surface area contributed by atoms with E-state index in [0.29, 0.717) is 6.42 Å². The first-order chi connectivity index (χ1) is 10.2. The number of allylic oxidation sites excluding steroid dienone is 2. The second kappa shape index (κ2) is 6.27. The third kappa shape index (κ3) is 3.61. The second-order valence-corrected chi connectivity index (χ2v) is 6.20. The first kappa shape index (κ1) is 14.1. The van der Waals surface area contributed by atoms with Crippen molar-refractivity contribution in [2.45, 2.75) is 18.8 Å². The summed E-state index contributed by atoms with van der Waals surface area (Å²) in [4.78, 5) is 12.0. The standard InChI is InChI=1S/C18H16BrNO/c19-15-6-8-16(9-7-15)20-17-10-14(11-18(21)12-17)13-4-2-1-3-5-13/h1-9,12,14,20H,10-11H2/t14-/m0/s1. The minimum absolute atomic E-state index is 0.190. The van der Waals surface area contributed by atoms with Crippen molar-refractivity contribution >= 4 is 27.4 Å². The maximum atomic E-state index is 12.0. The molecule has 1 aliphatic carbocycles. The maximum Gasteiger partial charge on any atom is 0.158 e. The lowest BCUT2D eigenvalue weighted by Gasteiger charge is -2.23. The fraction of sp³-hybridized carbons (Fsp3) is 0.167. The van der Waals surface area contributed by atoms with Gasteiger partial charge in [-0.3, -0.25) is 4.79 Å².